The van der Waals surface area contributed by atoms with Crippen LogP contribution in [0.5, 0.6) is 11.5 Å². The van der Waals surface area contributed by atoms with Crippen LogP contribution >= 0.6 is 11.8 Å². The molecule has 0 atom stereocenters. The number of aromatic nitrogens is 5. The van der Waals surface area contributed by atoms with Gasteiger partial charge >= 0.3 is 0 Å². The van der Waals surface area contributed by atoms with Crippen LogP contribution < -0.4 is 9.47 Å². The van der Waals surface area contributed by atoms with Crippen LogP contribution in [0, 0.1) is 0 Å². The maximum Gasteiger partial charge on any atom is 0.237 e. The predicted molar refractivity (Wildman–Crippen MR) is 127 cm³/mol. The van der Waals surface area contributed by atoms with E-state index in [1.807, 2.05) is 60.0 Å². The summed E-state index contributed by atoms with van der Waals surface area (Å²) >= 11 is 1.50. The molecule has 0 saturated heterocycles. The summed E-state index contributed by atoms with van der Waals surface area (Å²) in [4.78, 5) is 4.50. The van der Waals surface area contributed by atoms with Gasteiger partial charge in [-0.25, -0.2) is 0 Å². The van der Waals surface area contributed by atoms with Gasteiger partial charge < -0.3 is 14.0 Å². The molecule has 0 N–H and O–H groups in total. The van der Waals surface area contributed by atoms with E-state index < -0.39 is 0 Å². The Kier molecular flexibility index (Phi) is 7.62. The van der Waals surface area contributed by atoms with Crippen LogP contribution in [0.4, 0.5) is 0 Å². The summed E-state index contributed by atoms with van der Waals surface area (Å²) in [7, 11) is 1.65. The zero-order valence-electron chi connectivity index (χ0n) is 19.0. The van der Waals surface area contributed by atoms with E-state index in [-0.39, 0.29) is 0 Å². The first-order valence-corrected chi connectivity index (χ1v) is 12.0. The molecule has 0 aliphatic carbocycles. The summed E-state index contributed by atoms with van der Waals surface area (Å²) in [6, 6.07) is 15.7. The molecule has 0 aliphatic heterocycles. The highest BCUT2D eigenvalue weighted by molar-refractivity contribution is 7.98. The van der Waals surface area contributed by atoms with E-state index in [4.69, 9.17) is 14.0 Å². The van der Waals surface area contributed by atoms with Crippen LogP contribution in [0.2, 0.25) is 0 Å². The molecule has 4 rings (SSSR count). The minimum absolute atomic E-state index is 0.506. The SMILES string of the molecule is CCCCc1noc(CSc2nnc(-c3cccc(OC)c3)n2-c2ccc(OCC)cc2)n1. The van der Waals surface area contributed by atoms with Gasteiger partial charge in [0, 0.05) is 17.7 Å². The summed E-state index contributed by atoms with van der Waals surface area (Å²) in [6.45, 7) is 4.73. The second-order valence-electron chi connectivity index (χ2n) is 7.30. The highest BCUT2D eigenvalue weighted by atomic mass is 32.2. The van der Waals surface area contributed by atoms with Crippen LogP contribution in [-0.4, -0.2) is 38.6 Å². The van der Waals surface area contributed by atoms with E-state index in [1.165, 1.54) is 11.8 Å². The number of hydrogen-bond donors (Lipinski definition) is 0. The predicted octanol–water partition coefficient (Wildman–Crippen LogP) is 5.36. The molecule has 2 heterocycles. The topological polar surface area (TPSA) is 88.1 Å². The largest absolute Gasteiger partial charge is 0.497 e. The molecule has 0 amide bonds. The van der Waals surface area contributed by atoms with Crippen LogP contribution in [-0.2, 0) is 12.2 Å². The van der Waals surface area contributed by atoms with Gasteiger partial charge in [-0.15, -0.1) is 10.2 Å². The molecule has 0 fully saturated rings. The Morgan fingerprint density at radius 3 is 2.64 bits per heavy atom. The second-order valence-corrected chi connectivity index (χ2v) is 8.24. The molecule has 0 unspecified atom stereocenters. The number of nitrogens with zero attached hydrogens (tertiary/aromatic N) is 5. The second kappa shape index (κ2) is 11.0. The van der Waals surface area contributed by atoms with Crippen molar-refractivity contribution in [3.8, 4) is 28.6 Å². The first kappa shape index (κ1) is 22.8. The van der Waals surface area contributed by atoms with E-state index in [9.17, 15) is 0 Å². The third-order valence-electron chi connectivity index (χ3n) is 4.96. The lowest BCUT2D eigenvalue weighted by Gasteiger charge is -2.11. The fourth-order valence-electron chi connectivity index (χ4n) is 3.31. The highest BCUT2D eigenvalue weighted by Crippen LogP contribution is 2.31. The molecule has 2 aromatic carbocycles. The molecule has 9 heteroatoms. The lowest BCUT2D eigenvalue weighted by molar-refractivity contribution is 0.340. The first-order valence-electron chi connectivity index (χ1n) is 11.0. The van der Waals surface area contributed by atoms with Crippen molar-refractivity contribution in [2.75, 3.05) is 13.7 Å². The summed E-state index contributed by atoms with van der Waals surface area (Å²) in [5.41, 5.74) is 1.83. The van der Waals surface area contributed by atoms with E-state index in [1.54, 1.807) is 7.11 Å². The van der Waals surface area contributed by atoms with Gasteiger partial charge in [0.05, 0.1) is 19.5 Å². The minimum Gasteiger partial charge on any atom is -0.497 e. The van der Waals surface area contributed by atoms with Crippen molar-refractivity contribution in [2.24, 2.45) is 0 Å². The number of thioether (sulfide) groups is 1. The summed E-state index contributed by atoms with van der Waals surface area (Å²) in [5.74, 6) is 4.12. The van der Waals surface area contributed by atoms with Crippen molar-refractivity contribution in [3.63, 3.8) is 0 Å². The Balaban J connectivity index is 1.64. The summed E-state index contributed by atoms with van der Waals surface area (Å²) in [6.07, 6.45) is 2.96. The maximum absolute atomic E-state index is 5.60. The molecule has 8 nitrogen and oxygen atoms in total. The third-order valence-corrected chi connectivity index (χ3v) is 5.87. The van der Waals surface area contributed by atoms with Gasteiger partial charge in [-0.3, -0.25) is 4.57 Å². The van der Waals surface area contributed by atoms with E-state index >= 15 is 0 Å². The van der Waals surface area contributed by atoms with Gasteiger partial charge in [-0.05, 0) is 49.7 Å². The quantitative estimate of drug-likeness (QED) is 0.274. The fourth-order valence-corrected chi connectivity index (χ4v) is 4.10. The number of rotatable bonds is 11. The van der Waals surface area contributed by atoms with Crippen molar-refractivity contribution in [2.45, 2.75) is 44.0 Å². The van der Waals surface area contributed by atoms with Gasteiger partial charge in [0.15, 0.2) is 16.8 Å². The number of benzene rings is 2. The minimum atomic E-state index is 0.506. The summed E-state index contributed by atoms with van der Waals surface area (Å²) < 4.78 is 18.4. The lowest BCUT2D eigenvalue weighted by Crippen LogP contribution is -2.01. The first-order chi connectivity index (χ1) is 16.2. The molecule has 0 radical (unpaired) electrons. The van der Waals surface area contributed by atoms with Crippen LogP contribution in [0.25, 0.3) is 17.1 Å². The van der Waals surface area contributed by atoms with E-state index in [0.29, 0.717) is 18.3 Å². The zero-order valence-corrected chi connectivity index (χ0v) is 19.8. The number of aryl methyl sites for hydroxylation is 1. The number of hydrogen-bond acceptors (Lipinski definition) is 8. The average Bonchev–Trinajstić information content (AvgIpc) is 3.49. The highest BCUT2D eigenvalue weighted by Gasteiger charge is 2.18. The fraction of sp³-hybridized carbons (Fsp3) is 0.333. The molecule has 0 aliphatic rings. The standard InChI is InChI=1S/C24H27N5O3S/c1-4-6-10-21-25-22(32-28-21)16-33-24-27-26-23(17-8-7-9-20(15-17)30-3)29(24)18-11-13-19(14-12-18)31-5-2/h7-9,11-15H,4-6,10,16H2,1-3H3. The van der Waals surface area contributed by atoms with Crippen LogP contribution in [0.3, 0.4) is 0 Å². The molecule has 33 heavy (non-hydrogen) atoms. The number of ether oxygens (including phenoxy) is 2. The van der Waals surface area contributed by atoms with E-state index in [0.717, 1.165) is 58.8 Å². The lowest BCUT2D eigenvalue weighted by atomic mass is 10.2. The van der Waals surface area contributed by atoms with Gasteiger partial charge in [0.25, 0.3) is 0 Å². The molecular weight excluding hydrogens is 438 g/mol. The van der Waals surface area contributed by atoms with Crippen molar-refractivity contribution in [3.05, 3.63) is 60.2 Å². The smallest absolute Gasteiger partial charge is 0.237 e. The van der Waals surface area contributed by atoms with Gasteiger partial charge in [-0.1, -0.05) is 42.4 Å². The van der Waals surface area contributed by atoms with Crippen molar-refractivity contribution in [1.82, 2.24) is 24.9 Å². The molecule has 0 spiro atoms. The Morgan fingerprint density at radius 1 is 1.03 bits per heavy atom. The van der Waals surface area contributed by atoms with Gasteiger partial charge in [-0.2, -0.15) is 4.98 Å². The Bertz CT molecular complexity index is 1170. The number of methoxy groups -OCH3 is 1. The molecule has 4 aromatic rings. The summed E-state index contributed by atoms with van der Waals surface area (Å²) in [5, 5.41) is 13.8. The van der Waals surface area contributed by atoms with Crippen molar-refractivity contribution < 1.29 is 14.0 Å². The normalized spacial score (nSPS) is 11.0. The monoisotopic (exact) mass is 465 g/mol. The zero-order chi connectivity index (χ0) is 23.0. The van der Waals surface area contributed by atoms with E-state index in [2.05, 4.69) is 27.3 Å². The number of unbranched alkanes of at least 4 members (excludes halogenated alkanes) is 1. The Hall–Kier alpha value is -3.33. The Morgan fingerprint density at radius 2 is 1.88 bits per heavy atom. The van der Waals surface area contributed by atoms with Gasteiger partial charge in [0.1, 0.15) is 11.5 Å². The third kappa shape index (κ3) is 5.54. The maximum atomic E-state index is 5.60. The molecule has 0 bridgehead atoms. The Labute approximate surface area is 197 Å². The van der Waals surface area contributed by atoms with Crippen molar-refractivity contribution >= 4 is 11.8 Å². The molecule has 0 saturated carbocycles. The average molecular weight is 466 g/mol. The molecule has 2 aromatic heterocycles. The van der Waals surface area contributed by atoms with Crippen LogP contribution in [0.15, 0.2) is 58.2 Å². The van der Waals surface area contributed by atoms with Crippen molar-refractivity contribution in [1.29, 1.82) is 0 Å². The van der Waals surface area contributed by atoms with Crippen LogP contribution in [0.1, 0.15) is 38.4 Å². The molecular formula is C24H27N5O3S. The molecule has 172 valence electrons. The van der Waals surface area contributed by atoms with Gasteiger partial charge in [0.2, 0.25) is 5.89 Å².